The minimum Gasteiger partial charge on any atom is -0.497 e. The van der Waals surface area contributed by atoms with Crippen LogP contribution in [0, 0.1) is 6.92 Å². The van der Waals surface area contributed by atoms with Gasteiger partial charge in [-0.05, 0) is 42.8 Å². The lowest BCUT2D eigenvalue weighted by Gasteiger charge is -2.10. The molecule has 0 aliphatic rings. The van der Waals surface area contributed by atoms with Crippen LogP contribution in [0.25, 0.3) is 21.9 Å². The quantitative estimate of drug-likeness (QED) is 0.541. The van der Waals surface area contributed by atoms with Crippen LogP contribution in [0.1, 0.15) is 11.1 Å². The van der Waals surface area contributed by atoms with Crippen molar-refractivity contribution in [2.24, 2.45) is 0 Å². The molecule has 27 heavy (non-hydrogen) atoms. The topological polar surface area (TPSA) is 84.3 Å². The third-order valence-electron chi connectivity index (χ3n) is 4.70. The van der Waals surface area contributed by atoms with Gasteiger partial charge in [-0.3, -0.25) is 4.79 Å². The maximum Gasteiger partial charge on any atom is 0.340 e. The van der Waals surface area contributed by atoms with E-state index in [0.29, 0.717) is 22.6 Å². The van der Waals surface area contributed by atoms with Gasteiger partial charge in [0.2, 0.25) is 5.91 Å². The Morgan fingerprint density at radius 2 is 2.04 bits per heavy atom. The fourth-order valence-electron chi connectivity index (χ4n) is 3.26. The number of hydrogen-bond donors (Lipinski definition) is 2. The number of fused-ring (bicyclic) bond motifs is 2. The largest absolute Gasteiger partial charge is 0.497 e. The Kier molecular flexibility index (Phi) is 4.16. The highest BCUT2D eigenvalue weighted by Gasteiger charge is 2.16. The van der Waals surface area contributed by atoms with E-state index in [1.54, 1.807) is 19.2 Å². The summed E-state index contributed by atoms with van der Waals surface area (Å²) < 4.78 is 10.6. The Bertz CT molecular complexity index is 1220. The van der Waals surface area contributed by atoms with Crippen molar-refractivity contribution < 1.29 is 13.9 Å². The van der Waals surface area contributed by atoms with Crippen LogP contribution in [0.4, 0.5) is 5.69 Å². The molecule has 2 aromatic carbocycles. The number of aromatic amines is 1. The number of nitrogens with one attached hydrogen (secondary N) is 2. The Hall–Kier alpha value is -3.54. The van der Waals surface area contributed by atoms with Gasteiger partial charge in [-0.15, -0.1) is 0 Å². The molecule has 0 aliphatic heterocycles. The second-order valence-corrected chi connectivity index (χ2v) is 6.32. The molecular formula is C21H18N2O4. The van der Waals surface area contributed by atoms with Crippen molar-refractivity contribution in [2.45, 2.75) is 13.3 Å². The molecule has 136 valence electrons. The number of aromatic nitrogens is 1. The van der Waals surface area contributed by atoms with E-state index >= 15 is 0 Å². The lowest BCUT2D eigenvalue weighted by molar-refractivity contribution is -0.115. The van der Waals surface area contributed by atoms with Crippen LogP contribution in [0.5, 0.6) is 5.75 Å². The molecule has 2 heterocycles. The zero-order valence-electron chi connectivity index (χ0n) is 15.0. The molecule has 0 atom stereocenters. The average molecular weight is 362 g/mol. The number of carbonyl (C=O) groups excluding carboxylic acids is 1. The highest BCUT2D eigenvalue weighted by Crippen LogP contribution is 2.25. The summed E-state index contributed by atoms with van der Waals surface area (Å²) in [5.41, 5.74) is 2.65. The fraction of sp³-hybridized carbons (Fsp3) is 0.143. The minimum atomic E-state index is -0.511. The average Bonchev–Trinajstić information content (AvgIpc) is 3.14. The number of amides is 1. The third kappa shape index (κ3) is 3.06. The number of methoxy groups -OCH3 is 1. The third-order valence-corrected chi connectivity index (χ3v) is 4.70. The van der Waals surface area contributed by atoms with E-state index in [2.05, 4.69) is 10.3 Å². The second-order valence-electron chi connectivity index (χ2n) is 6.32. The van der Waals surface area contributed by atoms with E-state index in [4.69, 9.17) is 9.15 Å². The summed E-state index contributed by atoms with van der Waals surface area (Å²) in [5.74, 6) is 0.335. The summed E-state index contributed by atoms with van der Waals surface area (Å²) in [7, 11) is 1.55. The Morgan fingerprint density at radius 3 is 2.85 bits per heavy atom. The standard InChI is InChI=1S/C21H18N2O4/c1-12-14-7-6-13(26-2)10-19(14)27-21(25)16(12)11-20(24)23-18-5-3-4-17-15(18)8-9-22-17/h3-10,22H,11H2,1-2H3,(H,23,24). The zero-order valence-corrected chi connectivity index (χ0v) is 15.0. The molecule has 0 saturated carbocycles. The van der Waals surface area contributed by atoms with Gasteiger partial charge < -0.3 is 19.5 Å². The molecule has 2 aromatic heterocycles. The van der Waals surface area contributed by atoms with Gasteiger partial charge in [0, 0.05) is 28.6 Å². The lowest BCUT2D eigenvalue weighted by Crippen LogP contribution is -2.20. The summed E-state index contributed by atoms with van der Waals surface area (Å²) >= 11 is 0. The van der Waals surface area contributed by atoms with Crippen molar-refractivity contribution in [3.8, 4) is 5.75 Å². The molecule has 4 aromatic rings. The van der Waals surface area contributed by atoms with E-state index in [1.807, 2.05) is 43.5 Å². The number of H-pyrrole nitrogens is 1. The highest BCUT2D eigenvalue weighted by molar-refractivity contribution is 6.02. The Morgan fingerprint density at radius 1 is 1.19 bits per heavy atom. The summed E-state index contributed by atoms with van der Waals surface area (Å²) in [6, 6.07) is 12.8. The van der Waals surface area contributed by atoms with Crippen LogP contribution in [-0.2, 0) is 11.2 Å². The molecule has 0 spiro atoms. The summed E-state index contributed by atoms with van der Waals surface area (Å²) in [4.78, 5) is 28.1. The highest BCUT2D eigenvalue weighted by atomic mass is 16.5. The van der Waals surface area contributed by atoms with Gasteiger partial charge in [-0.25, -0.2) is 4.79 Å². The summed E-state index contributed by atoms with van der Waals surface area (Å²) in [6.45, 7) is 1.82. The van der Waals surface area contributed by atoms with Crippen LogP contribution in [0.3, 0.4) is 0 Å². The van der Waals surface area contributed by atoms with Crippen LogP contribution in [0.2, 0.25) is 0 Å². The van der Waals surface area contributed by atoms with E-state index in [1.165, 1.54) is 0 Å². The number of anilines is 1. The molecule has 2 N–H and O–H groups in total. The van der Waals surface area contributed by atoms with Crippen LogP contribution < -0.4 is 15.7 Å². The first kappa shape index (κ1) is 16.9. The molecule has 0 unspecified atom stereocenters. The molecule has 6 nitrogen and oxygen atoms in total. The number of rotatable bonds is 4. The van der Waals surface area contributed by atoms with Gasteiger partial charge in [0.25, 0.3) is 0 Å². The summed E-state index contributed by atoms with van der Waals surface area (Å²) in [5, 5.41) is 4.58. The smallest absolute Gasteiger partial charge is 0.340 e. The maximum absolute atomic E-state index is 12.6. The van der Waals surface area contributed by atoms with E-state index in [-0.39, 0.29) is 12.3 Å². The number of ether oxygens (including phenoxy) is 1. The van der Waals surface area contributed by atoms with Crippen molar-refractivity contribution in [1.82, 2.24) is 4.98 Å². The zero-order chi connectivity index (χ0) is 19.0. The molecule has 6 heteroatoms. The minimum absolute atomic E-state index is 0.0586. The Labute approximate surface area is 154 Å². The molecule has 0 bridgehead atoms. The van der Waals surface area contributed by atoms with Gasteiger partial charge >= 0.3 is 5.63 Å². The van der Waals surface area contributed by atoms with E-state index in [0.717, 1.165) is 21.9 Å². The second kappa shape index (κ2) is 6.64. The van der Waals surface area contributed by atoms with Crippen molar-refractivity contribution >= 4 is 33.5 Å². The van der Waals surface area contributed by atoms with Gasteiger partial charge in [0.15, 0.2) is 0 Å². The normalized spacial score (nSPS) is 11.0. The van der Waals surface area contributed by atoms with Crippen molar-refractivity contribution in [3.05, 3.63) is 70.2 Å². The number of benzene rings is 2. The lowest BCUT2D eigenvalue weighted by atomic mass is 10.0. The molecular weight excluding hydrogens is 344 g/mol. The van der Waals surface area contributed by atoms with Crippen molar-refractivity contribution in [3.63, 3.8) is 0 Å². The first-order valence-corrected chi connectivity index (χ1v) is 8.53. The Balaban J connectivity index is 1.65. The van der Waals surface area contributed by atoms with Crippen molar-refractivity contribution in [2.75, 3.05) is 12.4 Å². The maximum atomic E-state index is 12.6. The van der Waals surface area contributed by atoms with Crippen LogP contribution >= 0.6 is 0 Å². The van der Waals surface area contributed by atoms with Crippen molar-refractivity contribution in [1.29, 1.82) is 0 Å². The molecule has 4 rings (SSSR count). The van der Waals surface area contributed by atoms with Crippen LogP contribution in [-0.4, -0.2) is 18.0 Å². The first-order chi connectivity index (χ1) is 13.1. The molecule has 1 amide bonds. The number of hydrogen-bond acceptors (Lipinski definition) is 4. The fourth-order valence-corrected chi connectivity index (χ4v) is 3.26. The molecule has 0 fully saturated rings. The molecule has 0 radical (unpaired) electrons. The number of carbonyl (C=O) groups is 1. The van der Waals surface area contributed by atoms with Crippen LogP contribution in [0.15, 0.2) is 57.9 Å². The molecule has 0 saturated heterocycles. The SMILES string of the molecule is COc1ccc2c(C)c(CC(=O)Nc3cccc4[nH]ccc34)c(=O)oc2c1. The monoisotopic (exact) mass is 362 g/mol. The predicted octanol–water partition coefficient (Wildman–Crippen LogP) is 3.77. The predicted molar refractivity (Wildman–Crippen MR) is 104 cm³/mol. The first-order valence-electron chi connectivity index (χ1n) is 8.53. The van der Waals surface area contributed by atoms with E-state index < -0.39 is 5.63 Å². The van der Waals surface area contributed by atoms with Gasteiger partial charge in [0.1, 0.15) is 11.3 Å². The van der Waals surface area contributed by atoms with Gasteiger partial charge in [-0.1, -0.05) is 6.07 Å². The summed E-state index contributed by atoms with van der Waals surface area (Å²) in [6.07, 6.45) is 1.76. The van der Waals surface area contributed by atoms with Gasteiger partial charge in [-0.2, -0.15) is 0 Å². The van der Waals surface area contributed by atoms with Gasteiger partial charge in [0.05, 0.1) is 24.8 Å². The molecule has 0 aliphatic carbocycles. The number of aryl methyl sites for hydroxylation is 1. The van der Waals surface area contributed by atoms with E-state index in [9.17, 15) is 9.59 Å².